The number of pyridine rings is 1. The van der Waals surface area contributed by atoms with Crippen LogP contribution in [-0.4, -0.2) is 23.0 Å². The van der Waals surface area contributed by atoms with Crippen molar-refractivity contribution in [1.82, 2.24) is 10.3 Å². The van der Waals surface area contributed by atoms with E-state index in [1.54, 1.807) is 12.3 Å². The van der Waals surface area contributed by atoms with Crippen LogP contribution < -0.4 is 16.4 Å². The molecule has 1 unspecified atom stereocenters. The monoisotopic (exact) mass is 338 g/mol. The van der Waals surface area contributed by atoms with E-state index in [0.717, 1.165) is 11.3 Å². The van der Waals surface area contributed by atoms with E-state index in [0.29, 0.717) is 5.69 Å². The minimum Gasteiger partial charge on any atom is -0.352 e. The fraction of sp³-hybridized carbons (Fsp3) is 0.211. The standard InChI is InChI=1S/C19H22N4O2/c1-13(2)17(23-19(20)25)18(24)22-16-8-5-6-14(12-16)9-10-15-7-3-4-11-21-15/h3-13,17H,1-2H3,(H,22,24)(H3,20,23,25). The number of nitrogens with zero attached hydrogens (tertiary/aromatic N) is 1. The fourth-order valence-corrected chi connectivity index (χ4v) is 2.28. The lowest BCUT2D eigenvalue weighted by Crippen LogP contribution is -2.49. The number of nitrogens with two attached hydrogens (primary N) is 1. The summed E-state index contributed by atoms with van der Waals surface area (Å²) in [5, 5.41) is 5.27. The summed E-state index contributed by atoms with van der Waals surface area (Å²) in [4.78, 5) is 27.7. The van der Waals surface area contributed by atoms with Crippen LogP contribution in [0.1, 0.15) is 25.1 Å². The first-order chi connectivity index (χ1) is 12.0. The second-order valence-electron chi connectivity index (χ2n) is 5.93. The Balaban J connectivity index is 2.09. The molecule has 0 spiro atoms. The van der Waals surface area contributed by atoms with Crippen LogP contribution in [-0.2, 0) is 4.79 Å². The molecule has 1 atom stereocenters. The van der Waals surface area contributed by atoms with Crippen LogP contribution in [0.15, 0.2) is 48.7 Å². The van der Waals surface area contributed by atoms with Crippen LogP contribution in [0.3, 0.4) is 0 Å². The Labute approximate surface area is 147 Å². The number of aromatic nitrogens is 1. The van der Waals surface area contributed by atoms with E-state index in [1.807, 2.05) is 62.4 Å². The van der Waals surface area contributed by atoms with Crippen molar-refractivity contribution in [2.75, 3.05) is 5.32 Å². The fourth-order valence-electron chi connectivity index (χ4n) is 2.28. The van der Waals surface area contributed by atoms with Gasteiger partial charge >= 0.3 is 6.03 Å². The summed E-state index contributed by atoms with van der Waals surface area (Å²) in [7, 11) is 0. The molecule has 130 valence electrons. The zero-order chi connectivity index (χ0) is 18.2. The van der Waals surface area contributed by atoms with Crippen LogP contribution in [0.4, 0.5) is 10.5 Å². The lowest BCUT2D eigenvalue weighted by atomic mass is 10.0. The molecular formula is C19H22N4O2. The van der Waals surface area contributed by atoms with Crippen LogP contribution in [0.5, 0.6) is 0 Å². The number of benzene rings is 1. The molecule has 6 heteroatoms. The van der Waals surface area contributed by atoms with Crippen molar-refractivity contribution < 1.29 is 9.59 Å². The van der Waals surface area contributed by atoms with E-state index in [2.05, 4.69) is 15.6 Å². The topological polar surface area (TPSA) is 97.1 Å². The molecule has 1 aromatic heterocycles. The van der Waals surface area contributed by atoms with E-state index >= 15 is 0 Å². The lowest BCUT2D eigenvalue weighted by Gasteiger charge is -2.20. The van der Waals surface area contributed by atoms with Crippen molar-refractivity contribution in [3.63, 3.8) is 0 Å². The van der Waals surface area contributed by atoms with Gasteiger partial charge in [0.2, 0.25) is 5.91 Å². The van der Waals surface area contributed by atoms with Gasteiger partial charge in [0.05, 0.1) is 5.69 Å². The third-order valence-corrected chi connectivity index (χ3v) is 3.54. The molecule has 0 aliphatic rings. The normalized spacial score (nSPS) is 12.1. The van der Waals surface area contributed by atoms with Crippen molar-refractivity contribution in [2.45, 2.75) is 19.9 Å². The van der Waals surface area contributed by atoms with Crippen LogP contribution in [0.25, 0.3) is 12.2 Å². The molecule has 0 aliphatic carbocycles. The van der Waals surface area contributed by atoms with Gasteiger partial charge in [-0.1, -0.05) is 38.1 Å². The molecule has 0 radical (unpaired) electrons. The molecule has 0 bridgehead atoms. The molecule has 2 aromatic rings. The van der Waals surface area contributed by atoms with E-state index < -0.39 is 12.1 Å². The van der Waals surface area contributed by atoms with E-state index in [-0.39, 0.29) is 11.8 Å². The van der Waals surface area contributed by atoms with Crippen molar-refractivity contribution in [1.29, 1.82) is 0 Å². The van der Waals surface area contributed by atoms with Gasteiger partial charge in [-0.15, -0.1) is 0 Å². The number of nitrogens with one attached hydrogen (secondary N) is 2. The maximum absolute atomic E-state index is 12.4. The molecule has 3 amide bonds. The highest BCUT2D eigenvalue weighted by Crippen LogP contribution is 2.15. The summed E-state index contributed by atoms with van der Waals surface area (Å²) in [6.07, 6.45) is 5.54. The molecule has 1 heterocycles. The zero-order valence-corrected chi connectivity index (χ0v) is 14.3. The number of hydrogen-bond acceptors (Lipinski definition) is 3. The second kappa shape index (κ2) is 8.63. The number of urea groups is 1. The first-order valence-corrected chi connectivity index (χ1v) is 8.01. The van der Waals surface area contributed by atoms with E-state index in [1.165, 1.54) is 0 Å². The molecule has 0 saturated carbocycles. The maximum atomic E-state index is 12.4. The van der Waals surface area contributed by atoms with Crippen molar-refractivity contribution in [3.05, 3.63) is 59.9 Å². The highest BCUT2D eigenvalue weighted by atomic mass is 16.2. The Morgan fingerprint density at radius 1 is 1.12 bits per heavy atom. The minimum absolute atomic E-state index is 0.0836. The van der Waals surface area contributed by atoms with Gasteiger partial charge in [-0.25, -0.2) is 4.79 Å². The lowest BCUT2D eigenvalue weighted by molar-refractivity contribution is -0.118. The Hall–Kier alpha value is -3.15. The number of anilines is 1. The molecule has 0 aliphatic heterocycles. The first kappa shape index (κ1) is 18.2. The minimum atomic E-state index is -0.721. The predicted molar refractivity (Wildman–Crippen MR) is 99.6 cm³/mol. The Morgan fingerprint density at radius 3 is 2.56 bits per heavy atom. The number of carbonyl (C=O) groups is 2. The molecule has 6 nitrogen and oxygen atoms in total. The van der Waals surface area contributed by atoms with E-state index in [4.69, 9.17) is 5.73 Å². The van der Waals surface area contributed by atoms with Gasteiger partial charge in [-0.05, 0) is 41.8 Å². The van der Waals surface area contributed by atoms with Crippen LogP contribution in [0.2, 0.25) is 0 Å². The maximum Gasteiger partial charge on any atom is 0.312 e. The SMILES string of the molecule is CC(C)C(NC(N)=O)C(=O)Nc1cccc(C=Cc2ccccn2)c1. The van der Waals surface area contributed by atoms with E-state index in [9.17, 15) is 9.59 Å². The molecule has 2 rings (SSSR count). The number of hydrogen-bond donors (Lipinski definition) is 3. The molecule has 4 N–H and O–H groups in total. The summed E-state index contributed by atoms with van der Waals surface area (Å²) in [6.45, 7) is 3.68. The summed E-state index contributed by atoms with van der Waals surface area (Å²) in [5.41, 5.74) is 7.55. The largest absolute Gasteiger partial charge is 0.352 e. The van der Waals surface area contributed by atoms with Crippen molar-refractivity contribution in [3.8, 4) is 0 Å². The van der Waals surface area contributed by atoms with Crippen molar-refractivity contribution >= 4 is 29.8 Å². The molecule has 0 saturated heterocycles. The number of carbonyl (C=O) groups excluding carboxylic acids is 2. The quantitative estimate of drug-likeness (QED) is 0.755. The number of rotatable bonds is 6. The Bertz CT molecular complexity index is 757. The van der Waals surface area contributed by atoms with Gasteiger partial charge in [-0.3, -0.25) is 9.78 Å². The van der Waals surface area contributed by atoms with Gasteiger partial charge in [0.1, 0.15) is 6.04 Å². The van der Waals surface area contributed by atoms with Crippen LogP contribution in [0, 0.1) is 5.92 Å². The molecular weight excluding hydrogens is 316 g/mol. The summed E-state index contributed by atoms with van der Waals surface area (Å²) >= 11 is 0. The summed E-state index contributed by atoms with van der Waals surface area (Å²) in [6, 6.07) is 11.7. The smallest absolute Gasteiger partial charge is 0.312 e. The molecule has 25 heavy (non-hydrogen) atoms. The first-order valence-electron chi connectivity index (χ1n) is 8.01. The predicted octanol–water partition coefficient (Wildman–Crippen LogP) is 2.88. The number of primary amides is 1. The second-order valence-corrected chi connectivity index (χ2v) is 5.93. The zero-order valence-electron chi connectivity index (χ0n) is 14.3. The Kier molecular flexibility index (Phi) is 6.28. The van der Waals surface area contributed by atoms with Crippen molar-refractivity contribution in [2.24, 2.45) is 11.7 Å². The van der Waals surface area contributed by atoms with Gasteiger partial charge in [0.15, 0.2) is 0 Å². The highest BCUT2D eigenvalue weighted by molar-refractivity contribution is 5.97. The van der Waals surface area contributed by atoms with Gasteiger partial charge in [0, 0.05) is 11.9 Å². The third kappa shape index (κ3) is 5.76. The van der Waals surface area contributed by atoms with Crippen LogP contribution >= 0.6 is 0 Å². The Morgan fingerprint density at radius 2 is 1.92 bits per heavy atom. The highest BCUT2D eigenvalue weighted by Gasteiger charge is 2.23. The van der Waals surface area contributed by atoms with Gasteiger partial charge < -0.3 is 16.4 Å². The molecule has 0 fully saturated rings. The average molecular weight is 338 g/mol. The molecule has 1 aromatic carbocycles. The number of amides is 3. The summed E-state index contributed by atoms with van der Waals surface area (Å²) < 4.78 is 0. The van der Waals surface area contributed by atoms with Gasteiger partial charge in [0.25, 0.3) is 0 Å². The average Bonchev–Trinajstić information content (AvgIpc) is 2.58. The van der Waals surface area contributed by atoms with Gasteiger partial charge in [-0.2, -0.15) is 0 Å². The summed E-state index contributed by atoms with van der Waals surface area (Å²) in [5.74, 6) is -0.389. The third-order valence-electron chi connectivity index (χ3n) is 3.54.